The van der Waals surface area contributed by atoms with E-state index >= 15 is 0 Å². The Morgan fingerprint density at radius 3 is 2.57 bits per heavy atom. The quantitative estimate of drug-likeness (QED) is 0.426. The lowest BCUT2D eigenvalue weighted by Gasteiger charge is -2.15. The van der Waals surface area contributed by atoms with Crippen LogP contribution in [0.4, 0.5) is 5.69 Å². The summed E-state index contributed by atoms with van der Waals surface area (Å²) in [5.41, 5.74) is 2.64. The van der Waals surface area contributed by atoms with E-state index in [0.29, 0.717) is 33.1 Å². The molecule has 0 amide bonds. The van der Waals surface area contributed by atoms with Crippen LogP contribution in [0, 0.1) is 0 Å². The first-order chi connectivity index (χ1) is 14.5. The molecule has 0 atom stereocenters. The maximum atomic E-state index is 6.48. The van der Waals surface area contributed by atoms with Crippen LogP contribution in [0.15, 0.2) is 48.5 Å². The molecule has 0 spiro atoms. The van der Waals surface area contributed by atoms with Crippen molar-refractivity contribution in [1.29, 1.82) is 0 Å². The fraction of sp³-hybridized carbons (Fsp3) is 0.182. The first-order valence-corrected chi connectivity index (χ1v) is 10.2. The Morgan fingerprint density at radius 2 is 1.77 bits per heavy atom. The molecule has 1 aliphatic heterocycles. The summed E-state index contributed by atoms with van der Waals surface area (Å²) in [6.45, 7) is 1.02. The van der Waals surface area contributed by atoms with Gasteiger partial charge in [-0.15, -0.1) is 0 Å². The Morgan fingerprint density at radius 1 is 0.933 bits per heavy atom. The highest BCUT2D eigenvalue weighted by atomic mass is 35.5. The summed E-state index contributed by atoms with van der Waals surface area (Å²) in [7, 11) is 1.57. The molecule has 156 valence electrons. The molecule has 5 nitrogen and oxygen atoms in total. The third-order valence-corrected chi connectivity index (χ3v) is 5.41. The largest absolute Gasteiger partial charge is 0.493 e. The van der Waals surface area contributed by atoms with Gasteiger partial charge in [0.2, 0.25) is 6.79 Å². The summed E-state index contributed by atoms with van der Waals surface area (Å²) in [5.74, 6) is 2.46. The second kappa shape index (κ2) is 9.13. The summed E-state index contributed by atoms with van der Waals surface area (Å²) in [4.78, 5) is 0. The fourth-order valence-corrected chi connectivity index (χ4v) is 3.77. The molecule has 0 saturated carbocycles. The van der Waals surface area contributed by atoms with Gasteiger partial charge in [-0.3, -0.25) is 0 Å². The van der Waals surface area contributed by atoms with Gasteiger partial charge in [-0.05, 0) is 42.0 Å². The maximum Gasteiger partial charge on any atom is 0.231 e. The van der Waals surface area contributed by atoms with Crippen molar-refractivity contribution in [1.82, 2.24) is 0 Å². The number of rotatable bonds is 7. The molecule has 0 bridgehead atoms. The van der Waals surface area contributed by atoms with Crippen molar-refractivity contribution in [3.05, 3.63) is 74.7 Å². The summed E-state index contributed by atoms with van der Waals surface area (Å²) in [6, 6.07) is 14.7. The predicted octanol–water partition coefficient (Wildman–Crippen LogP) is 6.58. The molecule has 8 heteroatoms. The normalized spacial score (nSPS) is 12.0. The lowest BCUT2D eigenvalue weighted by molar-refractivity contribution is 0.174. The molecule has 0 saturated heterocycles. The third-order valence-electron chi connectivity index (χ3n) is 4.55. The van der Waals surface area contributed by atoms with Gasteiger partial charge in [0.25, 0.3) is 0 Å². The minimum Gasteiger partial charge on any atom is -0.493 e. The fourth-order valence-electron chi connectivity index (χ4n) is 3.01. The molecule has 1 heterocycles. The summed E-state index contributed by atoms with van der Waals surface area (Å²) >= 11 is 18.6. The van der Waals surface area contributed by atoms with Crippen LogP contribution in [0.25, 0.3) is 0 Å². The number of hydrogen-bond donors (Lipinski definition) is 1. The monoisotopic (exact) mass is 465 g/mol. The van der Waals surface area contributed by atoms with E-state index in [9.17, 15) is 0 Å². The van der Waals surface area contributed by atoms with Crippen LogP contribution >= 0.6 is 34.8 Å². The van der Waals surface area contributed by atoms with Crippen molar-refractivity contribution in [3.63, 3.8) is 0 Å². The van der Waals surface area contributed by atoms with Gasteiger partial charge in [0, 0.05) is 33.9 Å². The lowest BCUT2D eigenvalue weighted by Crippen LogP contribution is -2.03. The van der Waals surface area contributed by atoms with E-state index < -0.39 is 0 Å². The van der Waals surface area contributed by atoms with E-state index in [2.05, 4.69) is 5.32 Å². The average molecular weight is 467 g/mol. The Kier molecular flexibility index (Phi) is 6.32. The van der Waals surface area contributed by atoms with Crippen LogP contribution in [-0.2, 0) is 13.2 Å². The van der Waals surface area contributed by atoms with Crippen molar-refractivity contribution in [2.75, 3.05) is 19.2 Å². The van der Waals surface area contributed by atoms with E-state index in [0.717, 1.165) is 28.3 Å². The van der Waals surface area contributed by atoms with Crippen molar-refractivity contribution in [2.45, 2.75) is 13.2 Å². The summed E-state index contributed by atoms with van der Waals surface area (Å²) < 4.78 is 22.1. The van der Waals surface area contributed by atoms with Gasteiger partial charge in [-0.25, -0.2) is 0 Å². The molecule has 3 aromatic rings. The number of hydrogen-bond acceptors (Lipinski definition) is 5. The van der Waals surface area contributed by atoms with Crippen LogP contribution in [0.5, 0.6) is 23.0 Å². The van der Waals surface area contributed by atoms with E-state index in [4.69, 9.17) is 53.8 Å². The molecule has 0 aliphatic carbocycles. The van der Waals surface area contributed by atoms with Crippen molar-refractivity contribution >= 4 is 40.5 Å². The molecule has 1 N–H and O–H groups in total. The molecule has 0 aromatic heterocycles. The predicted molar refractivity (Wildman–Crippen MR) is 119 cm³/mol. The molecule has 3 aromatic carbocycles. The van der Waals surface area contributed by atoms with Gasteiger partial charge >= 0.3 is 0 Å². The highest BCUT2D eigenvalue weighted by molar-refractivity contribution is 6.35. The van der Waals surface area contributed by atoms with Gasteiger partial charge < -0.3 is 24.3 Å². The standard InChI is InChI=1S/C22H18Cl3NO4/c1-27-21-7-13(10-26-16-4-5-19-20(9-16)30-12-29-19)6-18(25)22(21)28-11-14-2-3-15(23)8-17(14)24/h2-9,26H,10-12H2,1H3. The minimum absolute atomic E-state index is 0.237. The average Bonchev–Trinajstić information content (AvgIpc) is 3.20. The molecular formula is C22H18Cl3NO4. The van der Waals surface area contributed by atoms with Gasteiger partial charge in [-0.1, -0.05) is 40.9 Å². The Bertz CT molecular complexity index is 1070. The number of ether oxygens (including phenoxy) is 4. The summed E-state index contributed by atoms with van der Waals surface area (Å²) in [6.07, 6.45) is 0. The molecular weight excluding hydrogens is 449 g/mol. The highest BCUT2D eigenvalue weighted by Crippen LogP contribution is 2.38. The molecule has 0 unspecified atom stereocenters. The first kappa shape index (κ1) is 20.8. The SMILES string of the molecule is COc1cc(CNc2ccc3c(c2)OCO3)cc(Cl)c1OCc1ccc(Cl)cc1Cl. The van der Waals surface area contributed by atoms with Crippen LogP contribution in [-0.4, -0.2) is 13.9 Å². The van der Waals surface area contributed by atoms with Gasteiger partial charge in [0.1, 0.15) is 6.61 Å². The smallest absolute Gasteiger partial charge is 0.231 e. The second-order valence-corrected chi connectivity index (χ2v) is 7.81. The molecule has 30 heavy (non-hydrogen) atoms. The maximum absolute atomic E-state index is 6.48. The molecule has 0 radical (unpaired) electrons. The van der Waals surface area contributed by atoms with Crippen LogP contribution in [0.1, 0.15) is 11.1 Å². The minimum atomic E-state index is 0.237. The van der Waals surface area contributed by atoms with Crippen molar-refractivity contribution < 1.29 is 18.9 Å². The van der Waals surface area contributed by atoms with E-state index in [1.54, 1.807) is 19.2 Å². The van der Waals surface area contributed by atoms with Gasteiger partial charge in [0.05, 0.1) is 12.1 Å². The number of halogens is 3. The molecule has 1 aliphatic rings. The third kappa shape index (κ3) is 4.64. The zero-order valence-corrected chi connectivity index (χ0v) is 18.3. The van der Waals surface area contributed by atoms with Crippen molar-refractivity contribution in [2.24, 2.45) is 0 Å². The number of nitrogens with one attached hydrogen (secondary N) is 1. The number of benzene rings is 3. The topological polar surface area (TPSA) is 49.0 Å². The Balaban J connectivity index is 1.46. The second-order valence-electron chi connectivity index (χ2n) is 6.56. The molecule has 4 rings (SSSR count). The number of methoxy groups -OCH3 is 1. The number of anilines is 1. The number of fused-ring (bicyclic) bond motifs is 1. The van der Waals surface area contributed by atoms with E-state index in [1.807, 2.05) is 36.4 Å². The van der Waals surface area contributed by atoms with E-state index in [1.165, 1.54) is 0 Å². The zero-order valence-electron chi connectivity index (χ0n) is 16.0. The lowest BCUT2D eigenvalue weighted by atomic mass is 10.2. The molecule has 0 fully saturated rings. The highest BCUT2D eigenvalue weighted by Gasteiger charge is 2.15. The zero-order chi connectivity index (χ0) is 21.1. The van der Waals surface area contributed by atoms with Crippen LogP contribution < -0.4 is 24.3 Å². The Hall–Kier alpha value is -2.47. The van der Waals surface area contributed by atoms with Crippen molar-refractivity contribution in [3.8, 4) is 23.0 Å². The van der Waals surface area contributed by atoms with Crippen LogP contribution in [0.3, 0.4) is 0 Å². The Labute approximate surface area is 189 Å². The van der Waals surface area contributed by atoms with E-state index in [-0.39, 0.29) is 13.4 Å². The van der Waals surface area contributed by atoms with Gasteiger partial charge in [-0.2, -0.15) is 0 Å². The first-order valence-electron chi connectivity index (χ1n) is 9.10. The van der Waals surface area contributed by atoms with Crippen LogP contribution in [0.2, 0.25) is 15.1 Å². The summed E-state index contributed by atoms with van der Waals surface area (Å²) in [5, 5.41) is 4.88. The van der Waals surface area contributed by atoms with Gasteiger partial charge in [0.15, 0.2) is 23.0 Å².